The van der Waals surface area contributed by atoms with Gasteiger partial charge in [-0.1, -0.05) is 18.6 Å². The summed E-state index contributed by atoms with van der Waals surface area (Å²) in [6, 6.07) is 6.93. The summed E-state index contributed by atoms with van der Waals surface area (Å²) in [5, 5.41) is 0. The van der Waals surface area contributed by atoms with E-state index in [2.05, 4.69) is 0 Å². The van der Waals surface area contributed by atoms with Crippen molar-refractivity contribution in [3.8, 4) is 0 Å². The van der Waals surface area contributed by atoms with E-state index in [9.17, 15) is 4.39 Å². The number of hydrogen-bond donors (Lipinski definition) is 1. The van der Waals surface area contributed by atoms with Gasteiger partial charge in [-0.3, -0.25) is 0 Å². The topological polar surface area (TPSA) is 26.0 Å². The molecule has 2 fully saturated rings. The molecule has 2 aliphatic carbocycles. The monoisotopic (exact) mass is 219 g/mol. The van der Waals surface area contributed by atoms with Crippen LogP contribution in [0.1, 0.15) is 37.7 Å². The number of hydrogen-bond acceptors (Lipinski definition) is 1. The molecule has 0 aliphatic heterocycles. The molecular formula is C14H18FN. The van der Waals surface area contributed by atoms with E-state index in [0.29, 0.717) is 12.0 Å². The second kappa shape index (κ2) is 3.30. The third-order valence-corrected chi connectivity index (χ3v) is 4.69. The van der Waals surface area contributed by atoms with Crippen LogP contribution in [0, 0.1) is 11.2 Å². The van der Waals surface area contributed by atoms with Gasteiger partial charge in [0.15, 0.2) is 0 Å². The van der Waals surface area contributed by atoms with E-state index in [1.54, 1.807) is 12.1 Å². The van der Waals surface area contributed by atoms with E-state index in [1.165, 1.54) is 37.7 Å². The van der Waals surface area contributed by atoms with Gasteiger partial charge in [0, 0.05) is 12.0 Å². The van der Waals surface area contributed by atoms with Crippen LogP contribution in [-0.4, -0.2) is 6.54 Å². The molecule has 2 N–H and O–H groups in total. The molecule has 1 spiro atoms. The zero-order valence-corrected chi connectivity index (χ0v) is 9.51. The Morgan fingerprint density at radius 2 is 1.75 bits per heavy atom. The molecule has 0 unspecified atom stereocenters. The van der Waals surface area contributed by atoms with Crippen molar-refractivity contribution in [3.05, 3.63) is 35.6 Å². The number of nitrogens with two attached hydrogens (primary N) is 1. The van der Waals surface area contributed by atoms with Crippen molar-refractivity contribution in [2.24, 2.45) is 11.1 Å². The molecule has 1 aromatic rings. The minimum Gasteiger partial charge on any atom is -0.330 e. The molecule has 86 valence electrons. The molecule has 1 aromatic carbocycles. The van der Waals surface area contributed by atoms with E-state index >= 15 is 0 Å². The molecule has 1 nitrogen and oxygen atoms in total. The Bertz CT molecular complexity index is 384. The molecule has 0 aromatic heterocycles. The predicted molar refractivity (Wildman–Crippen MR) is 62.7 cm³/mol. The van der Waals surface area contributed by atoms with Crippen molar-refractivity contribution in [1.82, 2.24) is 0 Å². The normalized spacial score (nSPS) is 24.9. The summed E-state index contributed by atoms with van der Waals surface area (Å²) in [6.45, 7) is 0.695. The highest BCUT2D eigenvalue weighted by Crippen LogP contribution is 2.64. The van der Waals surface area contributed by atoms with Crippen LogP contribution >= 0.6 is 0 Å². The standard InChI is InChI=1S/C14H18FN/c15-12-4-2-11(3-5-12)14(10-16)8-13(9-14)6-1-7-13/h2-5H,1,6-10,16H2. The summed E-state index contributed by atoms with van der Waals surface area (Å²) in [5.41, 5.74) is 7.93. The van der Waals surface area contributed by atoms with Crippen LogP contribution < -0.4 is 5.73 Å². The van der Waals surface area contributed by atoms with E-state index in [1.807, 2.05) is 12.1 Å². The molecule has 0 radical (unpaired) electrons. The smallest absolute Gasteiger partial charge is 0.123 e. The van der Waals surface area contributed by atoms with Gasteiger partial charge >= 0.3 is 0 Å². The summed E-state index contributed by atoms with van der Waals surface area (Å²) in [6.07, 6.45) is 6.54. The van der Waals surface area contributed by atoms with Crippen LogP contribution in [-0.2, 0) is 5.41 Å². The van der Waals surface area contributed by atoms with E-state index < -0.39 is 0 Å². The van der Waals surface area contributed by atoms with Crippen LogP contribution in [0.25, 0.3) is 0 Å². The Morgan fingerprint density at radius 1 is 1.12 bits per heavy atom. The lowest BCUT2D eigenvalue weighted by atomic mass is 9.44. The summed E-state index contributed by atoms with van der Waals surface area (Å²) in [4.78, 5) is 0. The van der Waals surface area contributed by atoms with Crippen LogP contribution in [0.5, 0.6) is 0 Å². The van der Waals surface area contributed by atoms with E-state index in [0.717, 1.165) is 0 Å². The number of halogens is 1. The summed E-state index contributed by atoms with van der Waals surface area (Å²) < 4.78 is 12.9. The van der Waals surface area contributed by atoms with Crippen molar-refractivity contribution in [1.29, 1.82) is 0 Å². The first-order valence-electron chi connectivity index (χ1n) is 6.14. The van der Waals surface area contributed by atoms with Crippen molar-refractivity contribution in [2.75, 3.05) is 6.54 Å². The first-order valence-corrected chi connectivity index (χ1v) is 6.14. The maximum atomic E-state index is 12.9. The molecule has 2 saturated carbocycles. The van der Waals surface area contributed by atoms with E-state index in [4.69, 9.17) is 5.73 Å². The molecule has 16 heavy (non-hydrogen) atoms. The van der Waals surface area contributed by atoms with Crippen LogP contribution in [0.15, 0.2) is 24.3 Å². The lowest BCUT2D eigenvalue weighted by Gasteiger charge is -2.61. The van der Waals surface area contributed by atoms with Crippen molar-refractivity contribution >= 4 is 0 Å². The fourth-order valence-electron chi connectivity index (χ4n) is 3.68. The summed E-state index contributed by atoms with van der Waals surface area (Å²) in [5.74, 6) is -0.159. The molecule has 0 saturated heterocycles. The zero-order valence-electron chi connectivity index (χ0n) is 9.51. The van der Waals surface area contributed by atoms with Gasteiger partial charge in [0.1, 0.15) is 5.82 Å². The Morgan fingerprint density at radius 3 is 2.19 bits per heavy atom. The Balaban J connectivity index is 1.84. The average molecular weight is 219 g/mol. The summed E-state index contributed by atoms with van der Waals surface area (Å²) in [7, 11) is 0. The Labute approximate surface area is 95.8 Å². The maximum absolute atomic E-state index is 12.9. The third-order valence-electron chi connectivity index (χ3n) is 4.69. The lowest BCUT2D eigenvalue weighted by molar-refractivity contribution is -0.0446. The molecule has 0 heterocycles. The zero-order chi connectivity index (χ0) is 11.2. The minimum atomic E-state index is -0.159. The fraction of sp³-hybridized carbons (Fsp3) is 0.571. The average Bonchev–Trinajstić information content (AvgIpc) is 2.17. The molecule has 0 bridgehead atoms. The van der Waals surface area contributed by atoms with Crippen LogP contribution in [0.2, 0.25) is 0 Å². The van der Waals surface area contributed by atoms with Crippen molar-refractivity contribution in [3.63, 3.8) is 0 Å². The first-order chi connectivity index (χ1) is 7.68. The largest absolute Gasteiger partial charge is 0.330 e. The molecule has 2 heteroatoms. The van der Waals surface area contributed by atoms with Gasteiger partial charge in [-0.15, -0.1) is 0 Å². The molecule has 3 rings (SSSR count). The predicted octanol–water partition coefficient (Wildman–Crippen LogP) is 2.99. The van der Waals surface area contributed by atoms with Crippen LogP contribution in [0.3, 0.4) is 0 Å². The van der Waals surface area contributed by atoms with Gasteiger partial charge in [0.2, 0.25) is 0 Å². The quantitative estimate of drug-likeness (QED) is 0.813. The highest BCUT2D eigenvalue weighted by molar-refractivity contribution is 5.32. The van der Waals surface area contributed by atoms with Crippen LogP contribution in [0.4, 0.5) is 4.39 Å². The van der Waals surface area contributed by atoms with Crippen molar-refractivity contribution in [2.45, 2.75) is 37.5 Å². The lowest BCUT2D eigenvalue weighted by Crippen LogP contribution is -2.56. The first kappa shape index (κ1) is 10.3. The summed E-state index contributed by atoms with van der Waals surface area (Å²) >= 11 is 0. The minimum absolute atomic E-state index is 0.147. The molecule has 0 amide bonds. The van der Waals surface area contributed by atoms with Gasteiger partial charge in [-0.25, -0.2) is 4.39 Å². The highest BCUT2D eigenvalue weighted by Gasteiger charge is 2.56. The van der Waals surface area contributed by atoms with Gasteiger partial charge < -0.3 is 5.73 Å². The Kier molecular flexibility index (Phi) is 2.12. The van der Waals surface area contributed by atoms with Gasteiger partial charge in [-0.2, -0.15) is 0 Å². The van der Waals surface area contributed by atoms with Gasteiger partial charge in [0.05, 0.1) is 0 Å². The second-order valence-corrected chi connectivity index (χ2v) is 5.70. The van der Waals surface area contributed by atoms with Crippen molar-refractivity contribution < 1.29 is 4.39 Å². The molecule has 2 aliphatic rings. The van der Waals surface area contributed by atoms with Gasteiger partial charge in [0.25, 0.3) is 0 Å². The maximum Gasteiger partial charge on any atom is 0.123 e. The number of rotatable bonds is 2. The number of benzene rings is 1. The van der Waals surface area contributed by atoms with Gasteiger partial charge in [-0.05, 0) is 48.8 Å². The van der Waals surface area contributed by atoms with E-state index in [-0.39, 0.29) is 11.2 Å². The molecule has 0 atom stereocenters. The third kappa shape index (κ3) is 1.32. The Hall–Kier alpha value is -0.890. The molecular weight excluding hydrogens is 201 g/mol. The fourth-order valence-corrected chi connectivity index (χ4v) is 3.68. The SMILES string of the molecule is NCC1(c2ccc(F)cc2)CC2(CCC2)C1. The highest BCUT2D eigenvalue weighted by atomic mass is 19.1. The second-order valence-electron chi connectivity index (χ2n) is 5.70.